The summed E-state index contributed by atoms with van der Waals surface area (Å²) in [6.45, 7) is 0. The van der Waals surface area contributed by atoms with Crippen molar-refractivity contribution >= 4 is 22.6 Å². The van der Waals surface area contributed by atoms with Gasteiger partial charge in [0, 0.05) is 18.3 Å². The summed E-state index contributed by atoms with van der Waals surface area (Å²) in [6, 6.07) is 12.7. The number of carbonyl (C=O) groups excluding carboxylic acids is 1. The number of ether oxygens (including phenoxy) is 1. The highest BCUT2D eigenvalue weighted by Crippen LogP contribution is 2.18. The molecule has 21 heavy (non-hydrogen) atoms. The van der Waals surface area contributed by atoms with Crippen LogP contribution in [0.25, 0.3) is 11.0 Å². The first-order valence-corrected chi connectivity index (χ1v) is 6.54. The largest absolute Gasteiger partial charge is 0.497 e. The van der Waals surface area contributed by atoms with Crippen LogP contribution >= 0.6 is 0 Å². The van der Waals surface area contributed by atoms with Crippen LogP contribution in [0.3, 0.4) is 0 Å². The summed E-state index contributed by atoms with van der Waals surface area (Å²) in [5, 5.41) is 2.85. The molecule has 1 N–H and O–H groups in total. The molecule has 1 amide bonds. The van der Waals surface area contributed by atoms with E-state index in [1.165, 1.54) is 0 Å². The molecule has 0 saturated carbocycles. The maximum Gasteiger partial charge on any atom is 0.255 e. The maximum absolute atomic E-state index is 12.2. The number of rotatable bonds is 3. The van der Waals surface area contributed by atoms with Crippen LogP contribution in [0.4, 0.5) is 5.69 Å². The lowest BCUT2D eigenvalue weighted by molar-refractivity contribution is 0.102. The van der Waals surface area contributed by atoms with Crippen LogP contribution in [-0.2, 0) is 7.05 Å². The van der Waals surface area contributed by atoms with E-state index in [0.717, 1.165) is 22.5 Å². The van der Waals surface area contributed by atoms with Crippen molar-refractivity contribution in [1.82, 2.24) is 9.55 Å². The Labute approximate surface area is 122 Å². The van der Waals surface area contributed by atoms with Gasteiger partial charge in [0.1, 0.15) is 5.75 Å². The molecular weight excluding hydrogens is 266 g/mol. The normalized spacial score (nSPS) is 10.6. The summed E-state index contributed by atoms with van der Waals surface area (Å²) in [5.41, 5.74) is 3.11. The van der Waals surface area contributed by atoms with E-state index < -0.39 is 0 Å². The number of carbonyl (C=O) groups is 1. The summed E-state index contributed by atoms with van der Waals surface area (Å²) >= 11 is 0. The topological polar surface area (TPSA) is 56.1 Å². The van der Waals surface area contributed by atoms with Crippen molar-refractivity contribution in [3.05, 3.63) is 54.4 Å². The minimum atomic E-state index is -0.160. The van der Waals surface area contributed by atoms with Gasteiger partial charge < -0.3 is 14.6 Å². The first-order valence-electron chi connectivity index (χ1n) is 6.54. The summed E-state index contributed by atoms with van der Waals surface area (Å²) in [5.74, 6) is 0.593. The summed E-state index contributed by atoms with van der Waals surface area (Å²) in [7, 11) is 3.53. The first kappa shape index (κ1) is 13.2. The Morgan fingerprint density at radius 3 is 2.67 bits per heavy atom. The molecule has 0 saturated heterocycles. The van der Waals surface area contributed by atoms with E-state index in [1.807, 2.05) is 17.7 Å². The molecule has 1 heterocycles. The molecule has 5 heteroatoms. The molecule has 1 aromatic heterocycles. The van der Waals surface area contributed by atoms with Gasteiger partial charge in [-0.25, -0.2) is 4.98 Å². The van der Waals surface area contributed by atoms with Crippen molar-refractivity contribution in [3.8, 4) is 5.75 Å². The third kappa shape index (κ3) is 2.58. The number of fused-ring (bicyclic) bond motifs is 1. The highest BCUT2D eigenvalue weighted by Gasteiger charge is 2.09. The SMILES string of the molecule is COc1ccc(NC(=O)c2ccc3c(c2)ncn3C)cc1. The van der Waals surface area contributed by atoms with Crippen LogP contribution in [0.2, 0.25) is 0 Å². The Balaban J connectivity index is 1.82. The monoisotopic (exact) mass is 281 g/mol. The third-order valence-corrected chi connectivity index (χ3v) is 3.34. The van der Waals surface area contributed by atoms with E-state index in [0.29, 0.717) is 5.56 Å². The van der Waals surface area contributed by atoms with E-state index in [9.17, 15) is 4.79 Å². The number of aromatic nitrogens is 2. The second-order valence-corrected chi connectivity index (χ2v) is 4.74. The van der Waals surface area contributed by atoms with Crippen LogP contribution < -0.4 is 10.1 Å². The zero-order valence-corrected chi connectivity index (χ0v) is 11.8. The van der Waals surface area contributed by atoms with Crippen LogP contribution in [0, 0.1) is 0 Å². The van der Waals surface area contributed by atoms with Gasteiger partial charge in [0.05, 0.1) is 24.5 Å². The molecule has 0 aliphatic heterocycles. The second-order valence-electron chi connectivity index (χ2n) is 4.74. The lowest BCUT2D eigenvalue weighted by Gasteiger charge is -2.06. The van der Waals surface area contributed by atoms with Crippen molar-refractivity contribution in [2.75, 3.05) is 12.4 Å². The highest BCUT2D eigenvalue weighted by molar-refractivity contribution is 6.05. The van der Waals surface area contributed by atoms with Gasteiger partial charge in [0.15, 0.2) is 0 Å². The summed E-state index contributed by atoms with van der Waals surface area (Å²) in [6.07, 6.45) is 1.73. The van der Waals surface area contributed by atoms with Crippen molar-refractivity contribution in [1.29, 1.82) is 0 Å². The quantitative estimate of drug-likeness (QED) is 0.803. The number of nitrogens with zero attached hydrogens (tertiary/aromatic N) is 2. The van der Waals surface area contributed by atoms with Gasteiger partial charge in [0.25, 0.3) is 5.91 Å². The molecule has 0 spiro atoms. The van der Waals surface area contributed by atoms with Gasteiger partial charge in [-0.05, 0) is 42.5 Å². The van der Waals surface area contributed by atoms with E-state index in [2.05, 4.69) is 10.3 Å². The van der Waals surface area contributed by atoms with Gasteiger partial charge in [-0.15, -0.1) is 0 Å². The van der Waals surface area contributed by atoms with Crippen molar-refractivity contribution in [2.24, 2.45) is 7.05 Å². The average Bonchev–Trinajstić information content (AvgIpc) is 2.89. The number of aryl methyl sites for hydroxylation is 1. The second kappa shape index (κ2) is 5.28. The lowest BCUT2D eigenvalue weighted by atomic mass is 10.2. The standard InChI is InChI=1S/C16H15N3O2/c1-19-10-17-14-9-11(3-8-15(14)19)16(20)18-12-4-6-13(21-2)7-5-12/h3-10H,1-2H3,(H,18,20). The van der Waals surface area contributed by atoms with Gasteiger partial charge in [-0.1, -0.05) is 0 Å². The third-order valence-electron chi connectivity index (χ3n) is 3.34. The maximum atomic E-state index is 12.2. The predicted octanol–water partition coefficient (Wildman–Crippen LogP) is 2.83. The number of benzene rings is 2. The Morgan fingerprint density at radius 2 is 1.95 bits per heavy atom. The average molecular weight is 281 g/mol. The Morgan fingerprint density at radius 1 is 1.19 bits per heavy atom. The van der Waals surface area contributed by atoms with Gasteiger partial charge >= 0.3 is 0 Å². The number of imidazole rings is 1. The fraction of sp³-hybridized carbons (Fsp3) is 0.125. The van der Waals surface area contributed by atoms with E-state index >= 15 is 0 Å². The Bertz CT molecular complexity index is 791. The van der Waals surface area contributed by atoms with Crippen LogP contribution in [0.15, 0.2) is 48.8 Å². The molecule has 2 aromatic carbocycles. The number of hydrogen-bond acceptors (Lipinski definition) is 3. The number of anilines is 1. The zero-order valence-electron chi connectivity index (χ0n) is 11.8. The van der Waals surface area contributed by atoms with Gasteiger partial charge in [-0.2, -0.15) is 0 Å². The number of amides is 1. The van der Waals surface area contributed by atoms with Crippen molar-refractivity contribution < 1.29 is 9.53 Å². The van der Waals surface area contributed by atoms with E-state index in [4.69, 9.17) is 4.74 Å². The van der Waals surface area contributed by atoms with Crippen LogP contribution in [-0.4, -0.2) is 22.6 Å². The molecule has 5 nitrogen and oxygen atoms in total. The van der Waals surface area contributed by atoms with Crippen LogP contribution in [0.1, 0.15) is 10.4 Å². The molecule has 0 fully saturated rings. The highest BCUT2D eigenvalue weighted by atomic mass is 16.5. The number of methoxy groups -OCH3 is 1. The molecule has 0 aliphatic rings. The fourth-order valence-corrected chi connectivity index (χ4v) is 2.15. The fourth-order valence-electron chi connectivity index (χ4n) is 2.15. The van der Waals surface area contributed by atoms with Gasteiger partial charge in [0.2, 0.25) is 0 Å². The van der Waals surface area contributed by atoms with E-state index in [1.54, 1.807) is 49.8 Å². The first-order chi connectivity index (χ1) is 10.2. The number of hydrogen-bond donors (Lipinski definition) is 1. The van der Waals surface area contributed by atoms with Crippen molar-refractivity contribution in [3.63, 3.8) is 0 Å². The molecular formula is C16H15N3O2. The molecule has 0 bridgehead atoms. The molecule has 3 aromatic rings. The summed E-state index contributed by atoms with van der Waals surface area (Å²) in [4.78, 5) is 16.5. The molecule has 106 valence electrons. The van der Waals surface area contributed by atoms with Crippen molar-refractivity contribution in [2.45, 2.75) is 0 Å². The minimum absolute atomic E-state index is 0.160. The predicted molar refractivity (Wildman–Crippen MR) is 81.7 cm³/mol. The molecule has 0 unspecified atom stereocenters. The van der Waals surface area contributed by atoms with Gasteiger partial charge in [-0.3, -0.25) is 4.79 Å². The zero-order chi connectivity index (χ0) is 14.8. The molecule has 0 aliphatic carbocycles. The summed E-state index contributed by atoms with van der Waals surface area (Å²) < 4.78 is 7.00. The Kier molecular flexibility index (Phi) is 3.31. The number of nitrogens with one attached hydrogen (secondary N) is 1. The molecule has 0 radical (unpaired) electrons. The lowest BCUT2D eigenvalue weighted by Crippen LogP contribution is -2.11. The molecule has 0 atom stereocenters. The molecule has 3 rings (SSSR count). The smallest absolute Gasteiger partial charge is 0.255 e. The minimum Gasteiger partial charge on any atom is -0.497 e. The van der Waals surface area contributed by atoms with E-state index in [-0.39, 0.29) is 5.91 Å². The Hall–Kier alpha value is -2.82. The van der Waals surface area contributed by atoms with Crippen LogP contribution in [0.5, 0.6) is 5.75 Å².